The smallest absolute Gasteiger partial charge is 0.196 e. The van der Waals surface area contributed by atoms with Crippen molar-refractivity contribution >= 4 is 27.4 Å². The summed E-state index contributed by atoms with van der Waals surface area (Å²) in [6.45, 7) is 1.78. The number of nitrogens with two attached hydrogens (primary N) is 1. The molecule has 0 saturated carbocycles. The molecule has 2 N–H and O–H groups in total. The molecule has 2 nitrogen and oxygen atoms in total. The first-order valence-electron chi connectivity index (χ1n) is 5.35. The Morgan fingerprint density at radius 3 is 2.61 bits per heavy atom. The van der Waals surface area contributed by atoms with Crippen LogP contribution in [0.3, 0.4) is 0 Å². The van der Waals surface area contributed by atoms with Crippen LogP contribution in [0, 0.1) is 12.7 Å². The van der Waals surface area contributed by atoms with Crippen molar-refractivity contribution in [1.29, 1.82) is 0 Å². The molecule has 0 spiro atoms. The second-order valence-electron chi connectivity index (χ2n) is 4.00. The van der Waals surface area contributed by atoms with E-state index in [4.69, 9.17) is 5.73 Å². The molecule has 0 amide bonds. The molecule has 0 heterocycles. The van der Waals surface area contributed by atoms with E-state index in [9.17, 15) is 9.18 Å². The predicted octanol–water partition coefficient (Wildman–Crippen LogP) is 3.71. The van der Waals surface area contributed by atoms with Gasteiger partial charge in [0, 0.05) is 11.3 Å². The summed E-state index contributed by atoms with van der Waals surface area (Å²) in [5.41, 5.74) is 7.46. The summed E-state index contributed by atoms with van der Waals surface area (Å²) in [5.74, 6) is -0.884. The first-order valence-corrected chi connectivity index (χ1v) is 6.15. The zero-order valence-electron chi connectivity index (χ0n) is 9.71. The number of hydrogen-bond acceptors (Lipinski definition) is 2. The maximum Gasteiger partial charge on any atom is 0.196 e. The summed E-state index contributed by atoms with van der Waals surface area (Å²) in [7, 11) is 0. The van der Waals surface area contributed by atoms with E-state index in [1.54, 1.807) is 37.3 Å². The molecule has 0 aliphatic rings. The first kappa shape index (κ1) is 12.8. The van der Waals surface area contributed by atoms with E-state index >= 15 is 0 Å². The minimum Gasteiger partial charge on any atom is -0.399 e. The number of rotatable bonds is 2. The third-order valence-electron chi connectivity index (χ3n) is 2.69. The fourth-order valence-corrected chi connectivity index (χ4v) is 2.13. The molecular formula is C14H11BrFNO. The molecule has 2 rings (SSSR count). The van der Waals surface area contributed by atoms with E-state index in [0.717, 1.165) is 5.56 Å². The van der Waals surface area contributed by atoms with Gasteiger partial charge in [-0.3, -0.25) is 4.79 Å². The average molecular weight is 308 g/mol. The molecule has 4 heteroatoms. The Labute approximate surface area is 113 Å². The van der Waals surface area contributed by atoms with Crippen molar-refractivity contribution in [2.45, 2.75) is 6.92 Å². The second kappa shape index (κ2) is 4.90. The summed E-state index contributed by atoms with van der Waals surface area (Å²) in [6, 6.07) is 9.61. The first-order chi connectivity index (χ1) is 8.50. The van der Waals surface area contributed by atoms with Gasteiger partial charge in [0.05, 0.1) is 10.0 Å². The van der Waals surface area contributed by atoms with Crippen molar-refractivity contribution < 1.29 is 9.18 Å². The average Bonchev–Trinajstić information content (AvgIpc) is 2.32. The number of ketones is 1. The van der Waals surface area contributed by atoms with Crippen molar-refractivity contribution in [2.75, 3.05) is 5.73 Å². The Bertz CT molecular complexity index is 625. The monoisotopic (exact) mass is 307 g/mol. The zero-order valence-corrected chi connectivity index (χ0v) is 11.3. The van der Waals surface area contributed by atoms with Gasteiger partial charge in [0.15, 0.2) is 5.78 Å². The minimum atomic E-state index is -0.543. The quantitative estimate of drug-likeness (QED) is 0.679. The van der Waals surface area contributed by atoms with Gasteiger partial charge in [0.1, 0.15) is 5.82 Å². The van der Waals surface area contributed by atoms with Crippen LogP contribution in [0.2, 0.25) is 0 Å². The molecule has 0 saturated heterocycles. The molecule has 0 aliphatic heterocycles. The maximum absolute atomic E-state index is 13.9. The lowest BCUT2D eigenvalue weighted by Crippen LogP contribution is -2.07. The van der Waals surface area contributed by atoms with Crippen LogP contribution in [-0.2, 0) is 0 Å². The lowest BCUT2D eigenvalue weighted by atomic mass is 9.98. The molecule has 0 fully saturated rings. The summed E-state index contributed by atoms with van der Waals surface area (Å²) < 4.78 is 14.1. The van der Waals surface area contributed by atoms with Crippen molar-refractivity contribution in [2.24, 2.45) is 0 Å². The zero-order chi connectivity index (χ0) is 13.3. The van der Waals surface area contributed by atoms with Crippen molar-refractivity contribution in [3.63, 3.8) is 0 Å². The van der Waals surface area contributed by atoms with E-state index in [1.165, 1.54) is 6.07 Å². The van der Waals surface area contributed by atoms with Gasteiger partial charge in [-0.25, -0.2) is 4.39 Å². The summed E-state index contributed by atoms with van der Waals surface area (Å²) >= 11 is 3.07. The van der Waals surface area contributed by atoms with Gasteiger partial charge in [0.25, 0.3) is 0 Å². The van der Waals surface area contributed by atoms with Gasteiger partial charge >= 0.3 is 0 Å². The van der Waals surface area contributed by atoms with Gasteiger partial charge < -0.3 is 5.73 Å². The Kier molecular flexibility index (Phi) is 3.48. The molecule has 0 radical (unpaired) electrons. The van der Waals surface area contributed by atoms with E-state index in [0.29, 0.717) is 11.3 Å². The second-order valence-corrected chi connectivity index (χ2v) is 4.86. The Balaban J connectivity index is 2.51. The molecule has 0 atom stereocenters. The molecule has 2 aromatic carbocycles. The lowest BCUT2D eigenvalue weighted by molar-refractivity contribution is 0.103. The van der Waals surface area contributed by atoms with Crippen molar-refractivity contribution in [3.8, 4) is 0 Å². The number of nitrogen functional groups attached to an aromatic ring is 1. The highest BCUT2D eigenvalue weighted by Gasteiger charge is 2.17. The topological polar surface area (TPSA) is 43.1 Å². The molecule has 2 aromatic rings. The van der Waals surface area contributed by atoms with E-state index < -0.39 is 5.82 Å². The predicted molar refractivity (Wildman–Crippen MR) is 73.1 cm³/mol. The number of aryl methyl sites for hydroxylation is 1. The maximum atomic E-state index is 13.9. The van der Waals surface area contributed by atoms with Crippen LogP contribution in [0.5, 0.6) is 0 Å². The molecule has 18 heavy (non-hydrogen) atoms. The van der Waals surface area contributed by atoms with Crippen LogP contribution in [0.4, 0.5) is 10.1 Å². The normalized spacial score (nSPS) is 10.4. The van der Waals surface area contributed by atoms with Crippen molar-refractivity contribution in [1.82, 2.24) is 0 Å². The van der Waals surface area contributed by atoms with Crippen LogP contribution in [0.15, 0.2) is 40.9 Å². The van der Waals surface area contributed by atoms with Gasteiger partial charge in [-0.15, -0.1) is 0 Å². The van der Waals surface area contributed by atoms with Gasteiger partial charge in [-0.05, 0) is 58.7 Å². The van der Waals surface area contributed by atoms with Gasteiger partial charge in [-0.2, -0.15) is 0 Å². The number of carbonyl (C=O) groups excluding carboxylic acids is 1. The Morgan fingerprint density at radius 1 is 1.22 bits per heavy atom. The molecule has 0 aromatic heterocycles. The number of carbonyl (C=O) groups is 1. The molecular weight excluding hydrogens is 297 g/mol. The van der Waals surface area contributed by atoms with Crippen LogP contribution in [-0.4, -0.2) is 5.78 Å². The number of hydrogen-bond donors (Lipinski definition) is 1. The van der Waals surface area contributed by atoms with Crippen LogP contribution in [0.1, 0.15) is 21.5 Å². The molecule has 0 unspecified atom stereocenters. The third kappa shape index (κ3) is 2.29. The Hall–Kier alpha value is -1.68. The Morgan fingerprint density at radius 2 is 1.94 bits per heavy atom. The summed E-state index contributed by atoms with van der Waals surface area (Å²) in [5, 5.41) is 0. The summed E-state index contributed by atoms with van der Waals surface area (Å²) in [6.07, 6.45) is 0. The van der Waals surface area contributed by atoms with E-state index in [2.05, 4.69) is 15.9 Å². The largest absolute Gasteiger partial charge is 0.399 e. The van der Waals surface area contributed by atoms with Crippen LogP contribution in [0.25, 0.3) is 0 Å². The number of halogens is 2. The third-order valence-corrected chi connectivity index (χ3v) is 3.30. The fourth-order valence-electron chi connectivity index (χ4n) is 1.77. The molecule has 0 bridgehead atoms. The number of anilines is 1. The fraction of sp³-hybridized carbons (Fsp3) is 0.0714. The van der Waals surface area contributed by atoms with Crippen molar-refractivity contribution in [3.05, 3.63) is 63.4 Å². The standard InChI is InChI=1S/C14H11BrFNO/c1-8-7-9(17)5-6-10(8)14(18)11-3-2-4-12(15)13(11)16/h2-7H,17H2,1H3. The van der Waals surface area contributed by atoms with Crippen LogP contribution >= 0.6 is 15.9 Å². The minimum absolute atomic E-state index is 0.0530. The highest BCUT2D eigenvalue weighted by Crippen LogP contribution is 2.23. The highest BCUT2D eigenvalue weighted by molar-refractivity contribution is 9.10. The van der Waals surface area contributed by atoms with E-state index in [-0.39, 0.29) is 15.8 Å². The summed E-state index contributed by atoms with van der Waals surface area (Å²) in [4.78, 5) is 12.2. The SMILES string of the molecule is Cc1cc(N)ccc1C(=O)c1cccc(Br)c1F. The molecule has 92 valence electrons. The molecule has 0 aliphatic carbocycles. The van der Waals surface area contributed by atoms with Gasteiger partial charge in [-0.1, -0.05) is 6.07 Å². The lowest BCUT2D eigenvalue weighted by Gasteiger charge is -2.07. The number of benzene rings is 2. The van der Waals surface area contributed by atoms with Gasteiger partial charge in [0.2, 0.25) is 0 Å². The van der Waals surface area contributed by atoms with Crippen LogP contribution < -0.4 is 5.73 Å². The highest BCUT2D eigenvalue weighted by atomic mass is 79.9. The van der Waals surface area contributed by atoms with E-state index in [1.807, 2.05) is 0 Å².